The smallest absolute Gasteiger partial charge is 0.406 e. The quantitative estimate of drug-likeness (QED) is 0.249. The number of amides is 2. The average Bonchev–Trinajstić information content (AvgIpc) is 3.45. The SMILES string of the molecule is O=C(Cc1cccc(OC(F)(F)F)c1)Nc1ccc(N2CCC(c3nnc(NC(=O)[C@H](O)c4ccccc4)s3)CC2)nn1. The molecule has 0 unspecified atom stereocenters. The Balaban J connectivity index is 1.09. The molecule has 11 nitrogen and oxygen atoms in total. The lowest BCUT2D eigenvalue weighted by Crippen LogP contribution is -2.33. The average molecular weight is 614 g/mol. The van der Waals surface area contributed by atoms with E-state index in [4.69, 9.17) is 0 Å². The van der Waals surface area contributed by atoms with Gasteiger partial charge in [0.05, 0.1) is 6.42 Å². The summed E-state index contributed by atoms with van der Waals surface area (Å²) in [7, 11) is 0. The molecule has 1 atom stereocenters. The summed E-state index contributed by atoms with van der Waals surface area (Å²) in [4.78, 5) is 26.9. The molecule has 3 N–H and O–H groups in total. The van der Waals surface area contributed by atoms with E-state index in [-0.39, 0.29) is 18.2 Å². The number of alkyl halides is 3. The predicted octanol–water partition coefficient (Wildman–Crippen LogP) is 4.46. The first-order valence-corrected chi connectivity index (χ1v) is 14.0. The Labute approximate surface area is 247 Å². The van der Waals surface area contributed by atoms with Gasteiger partial charge in [-0.15, -0.1) is 33.6 Å². The lowest BCUT2D eigenvalue weighted by molar-refractivity contribution is -0.274. The molecule has 0 bridgehead atoms. The maximum atomic E-state index is 12.4. The van der Waals surface area contributed by atoms with E-state index < -0.39 is 30.0 Å². The first-order chi connectivity index (χ1) is 20.6. The predicted molar refractivity (Wildman–Crippen MR) is 152 cm³/mol. The number of benzene rings is 2. The molecule has 1 aliphatic heterocycles. The summed E-state index contributed by atoms with van der Waals surface area (Å²) in [6.07, 6.45) is -4.76. The minimum Gasteiger partial charge on any atom is -0.406 e. The lowest BCUT2D eigenvalue weighted by atomic mass is 9.98. The Morgan fingerprint density at radius 1 is 0.977 bits per heavy atom. The van der Waals surface area contributed by atoms with E-state index >= 15 is 0 Å². The fourth-order valence-electron chi connectivity index (χ4n) is 4.55. The third-order valence-corrected chi connectivity index (χ3v) is 7.62. The molecular weight excluding hydrogens is 587 g/mol. The highest BCUT2D eigenvalue weighted by molar-refractivity contribution is 7.15. The second-order valence-corrected chi connectivity index (χ2v) is 10.7. The molecule has 2 aromatic carbocycles. The number of nitrogens with zero attached hydrogens (tertiary/aromatic N) is 5. The van der Waals surface area contributed by atoms with Gasteiger partial charge in [0.1, 0.15) is 10.8 Å². The van der Waals surface area contributed by atoms with Crippen LogP contribution in [0.1, 0.15) is 41.0 Å². The molecule has 3 heterocycles. The number of halogens is 3. The van der Waals surface area contributed by atoms with Crippen molar-refractivity contribution in [2.45, 2.75) is 37.6 Å². The van der Waals surface area contributed by atoms with Crippen LogP contribution in [0, 0.1) is 0 Å². The normalized spacial score (nSPS) is 14.7. The van der Waals surface area contributed by atoms with Crippen LogP contribution >= 0.6 is 11.3 Å². The van der Waals surface area contributed by atoms with Crippen LogP contribution in [0.4, 0.5) is 29.9 Å². The van der Waals surface area contributed by atoms with Crippen molar-refractivity contribution in [3.63, 3.8) is 0 Å². The number of aliphatic hydroxyl groups is 1. The zero-order valence-electron chi connectivity index (χ0n) is 22.5. The minimum atomic E-state index is -4.82. The summed E-state index contributed by atoms with van der Waals surface area (Å²) in [6, 6.07) is 17.2. The Morgan fingerprint density at radius 3 is 2.44 bits per heavy atom. The summed E-state index contributed by atoms with van der Waals surface area (Å²) in [5.74, 6) is -0.450. The van der Waals surface area contributed by atoms with Crippen molar-refractivity contribution in [2.75, 3.05) is 28.6 Å². The monoisotopic (exact) mass is 613 g/mol. The number of hydrogen-bond acceptors (Lipinski definition) is 10. The topological polar surface area (TPSA) is 142 Å². The fraction of sp³-hybridized carbons (Fsp3) is 0.286. The van der Waals surface area contributed by atoms with E-state index in [9.17, 15) is 27.9 Å². The number of anilines is 3. The zero-order valence-corrected chi connectivity index (χ0v) is 23.3. The maximum absolute atomic E-state index is 12.4. The number of aliphatic hydroxyl groups excluding tert-OH is 1. The zero-order chi connectivity index (χ0) is 30.4. The van der Waals surface area contributed by atoms with Crippen molar-refractivity contribution in [2.24, 2.45) is 0 Å². The number of carbonyl (C=O) groups excluding carboxylic acids is 2. The van der Waals surface area contributed by atoms with Crippen molar-refractivity contribution < 1.29 is 32.6 Å². The van der Waals surface area contributed by atoms with Crippen LogP contribution in [0.2, 0.25) is 0 Å². The molecule has 2 aromatic heterocycles. The van der Waals surface area contributed by atoms with Gasteiger partial charge >= 0.3 is 6.36 Å². The second kappa shape index (κ2) is 13.1. The number of nitrogens with one attached hydrogen (secondary N) is 2. The molecule has 1 fully saturated rings. The van der Waals surface area contributed by atoms with Gasteiger partial charge in [0.25, 0.3) is 5.91 Å². The Hall–Kier alpha value is -4.63. The molecule has 224 valence electrons. The van der Waals surface area contributed by atoms with Gasteiger partial charge in [-0.3, -0.25) is 14.9 Å². The van der Waals surface area contributed by atoms with Crippen LogP contribution in [-0.4, -0.2) is 56.8 Å². The number of aromatic nitrogens is 4. The summed E-state index contributed by atoms with van der Waals surface area (Å²) in [6.45, 7) is 1.35. The third-order valence-electron chi connectivity index (χ3n) is 6.62. The first kappa shape index (κ1) is 29.8. The molecule has 15 heteroatoms. The van der Waals surface area contributed by atoms with Gasteiger partial charge in [-0.05, 0) is 48.2 Å². The van der Waals surface area contributed by atoms with Crippen LogP contribution in [0.3, 0.4) is 0 Å². The number of carbonyl (C=O) groups is 2. The molecular formula is C28H26F3N7O4S. The minimum absolute atomic E-state index is 0.144. The summed E-state index contributed by atoms with van der Waals surface area (Å²) in [5.41, 5.74) is 0.834. The molecule has 4 aromatic rings. The van der Waals surface area contributed by atoms with Crippen LogP contribution in [0.15, 0.2) is 66.7 Å². The van der Waals surface area contributed by atoms with Gasteiger partial charge in [0, 0.05) is 19.0 Å². The van der Waals surface area contributed by atoms with Gasteiger partial charge in [-0.2, -0.15) is 0 Å². The Bertz CT molecular complexity index is 1550. The van der Waals surface area contributed by atoms with E-state index in [2.05, 4.69) is 40.7 Å². The third kappa shape index (κ3) is 8.23. The lowest BCUT2D eigenvalue weighted by Gasteiger charge is -2.31. The van der Waals surface area contributed by atoms with Crippen molar-refractivity contribution in [3.8, 4) is 5.75 Å². The van der Waals surface area contributed by atoms with Gasteiger partial charge in [0.15, 0.2) is 17.7 Å². The van der Waals surface area contributed by atoms with E-state index in [1.54, 1.807) is 42.5 Å². The summed E-state index contributed by atoms with van der Waals surface area (Å²) in [5, 5.41) is 33.2. The molecule has 0 radical (unpaired) electrons. The van der Waals surface area contributed by atoms with E-state index in [0.717, 1.165) is 30.0 Å². The molecule has 1 saturated heterocycles. The standard InChI is InChI=1S/C28H26F3N7O4S/c29-28(30,31)42-20-8-4-5-17(15-20)16-23(39)32-21-9-10-22(35-34-21)38-13-11-19(12-14-38)26-36-37-27(43-26)33-25(41)24(40)18-6-2-1-3-7-18/h1-10,15,19,24,40H,11-14,16H2,(H,32,34,39)(H,33,37,41)/t24-/m1/s1. The molecule has 1 aliphatic rings. The molecule has 43 heavy (non-hydrogen) atoms. The van der Waals surface area contributed by atoms with Crippen LogP contribution in [0.25, 0.3) is 0 Å². The number of piperidine rings is 1. The number of rotatable bonds is 9. The van der Waals surface area contributed by atoms with Gasteiger partial charge in [-0.1, -0.05) is 53.8 Å². The van der Waals surface area contributed by atoms with Gasteiger partial charge < -0.3 is 20.1 Å². The molecule has 0 aliphatic carbocycles. The van der Waals surface area contributed by atoms with Crippen molar-refractivity contribution >= 4 is 39.9 Å². The van der Waals surface area contributed by atoms with Crippen LogP contribution < -0.4 is 20.3 Å². The van der Waals surface area contributed by atoms with Crippen LogP contribution in [0.5, 0.6) is 5.75 Å². The molecule has 0 spiro atoms. The summed E-state index contributed by atoms with van der Waals surface area (Å²) >= 11 is 1.28. The molecule has 0 saturated carbocycles. The molecule has 5 rings (SSSR count). The van der Waals surface area contributed by atoms with Gasteiger partial charge in [0.2, 0.25) is 11.0 Å². The van der Waals surface area contributed by atoms with Crippen molar-refractivity contribution in [1.82, 2.24) is 20.4 Å². The first-order valence-electron chi connectivity index (χ1n) is 13.2. The van der Waals surface area contributed by atoms with E-state index in [1.807, 2.05) is 0 Å². The van der Waals surface area contributed by atoms with Crippen molar-refractivity contribution in [1.29, 1.82) is 0 Å². The fourth-order valence-corrected chi connectivity index (χ4v) is 5.47. The molecule has 2 amide bonds. The summed E-state index contributed by atoms with van der Waals surface area (Å²) < 4.78 is 41.2. The highest BCUT2D eigenvalue weighted by atomic mass is 32.1. The largest absolute Gasteiger partial charge is 0.573 e. The Kier molecular flexibility index (Phi) is 9.11. The number of ether oxygens (including phenoxy) is 1. The van der Waals surface area contributed by atoms with E-state index in [0.29, 0.717) is 35.2 Å². The highest BCUT2D eigenvalue weighted by Crippen LogP contribution is 2.33. The maximum Gasteiger partial charge on any atom is 0.573 e. The second-order valence-electron chi connectivity index (χ2n) is 9.71. The van der Waals surface area contributed by atoms with E-state index in [1.165, 1.54) is 23.5 Å². The van der Waals surface area contributed by atoms with Crippen LogP contribution in [-0.2, 0) is 16.0 Å². The van der Waals surface area contributed by atoms with Gasteiger partial charge in [-0.25, -0.2) is 0 Å². The highest BCUT2D eigenvalue weighted by Gasteiger charge is 2.31. The van der Waals surface area contributed by atoms with Crippen molar-refractivity contribution in [3.05, 3.63) is 82.9 Å². The Morgan fingerprint density at radius 2 is 1.74 bits per heavy atom. The number of hydrogen-bond donors (Lipinski definition) is 3.